The van der Waals surface area contributed by atoms with E-state index in [2.05, 4.69) is 31.9 Å². The molecule has 0 aliphatic carbocycles. The van der Waals surface area contributed by atoms with Crippen molar-refractivity contribution < 1.29 is 18.7 Å². The van der Waals surface area contributed by atoms with Gasteiger partial charge in [-0.05, 0) is 91.4 Å². The molecule has 0 bridgehead atoms. The highest BCUT2D eigenvalue weighted by atomic mass is 79.9. The fraction of sp³-hybridized carbons (Fsp3) is 0.167. The Morgan fingerprint density at radius 2 is 1.55 bits per heavy atom. The average molecular weight is 614 g/mol. The average Bonchev–Trinajstić information content (AvgIpc) is 3.03. The summed E-state index contributed by atoms with van der Waals surface area (Å²) in [6, 6.07) is 17.0. The van der Waals surface area contributed by atoms with Crippen LogP contribution in [0.3, 0.4) is 0 Å². The molecule has 9 heteroatoms. The van der Waals surface area contributed by atoms with Gasteiger partial charge in [0.1, 0.15) is 18.2 Å². The minimum absolute atomic E-state index is 0.131. The first-order valence-corrected chi connectivity index (χ1v) is 12.8. The highest BCUT2D eigenvalue weighted by Gasteiger charge is 2.39. The number of benzene rings is 3. The maximum absolute atomic E-state index is 13.1. The molecule has 1 atom stereocenters. The van der Waals surface area contributed by atoms with Crippen LogP contribution in [0.25, 0.3) is 0 Å². The predicted molar refractivity (Wildman–Crippen MR) is 135 cm³/mol. The maximum Gasteiger partial charge on any atom is 0.289 e. The largest absolute Gasteiger partial charge is 0.487 e. The van der Waals surface area contributed by atoms with Gasteiger partial charge in [-0.2, -0.15) is 0 Å². The van der Waals surface area contributed by atoms with E-state index in [1.54, 1.807) is 12.1 Å². The molecule has 0 N–H and O–H groups in total. The van der Waals surface area contributed by atoms with E-state index in [0.29, 0.717) is 29.4 Å². The smallest absolute Gasteiger partial charge is 0.289 e. The second-order valence-corrected chi connectivity index (χ2v) is 10.7. The van der Waals surface area contributed by atoms with Crippen molar-refractivity contribution in [1.82, 2.24) is 4.90 Å². The first kappa shape index (κ1) is 24.3. The fourth-order valence-electron chi connectivity index (χ4n) is 3.36. The van der Waals surface area contributed by atoms with Crippen molar-refractivity contribution >= 4 is 66.4 Å². The highest BCUT2D eigenvalue weighted by molar-refractivity contribution is 9.11. The Morgan fingerprint density at radius 1 is 0.939 bits per heavy atom. The van der Waals surface area contributed by atoms with E-state index < -0.39 is 5.25 Å². The molecule has 0 radical (unpaired) electrons. The van der Waals surface area contributed by atoms with Crippen LogP contribution in [-0.2, 0) is 24.4 Å². The number of rotatable bonds is 7. The molecule has 3 aromatic carbocycles. The summed E-state index contributed by atoms with van der Waals surface area (Å²) in [6.07, 6.45) is 0.393. The zero-order valence-electron chi connectivity index (χ0n) is 17.1. The molecule has 0 spiro atoms. The van der Waals surface area contributed by atoms with E-state index in [9.17, 15) is 14.0 Å². The lowest BCUT2D eigenvalue weighted by atomic mass is 10.1. The molecule has 1 saturated heterocycles. The Labute approximate surface area is 216 Å². The molecule has 4 rings (SSSR count). The molecule has 33 heavy (non-hydrogen) atoms. The lowest BCUT2D eigenvalue weighted by Gasteiger charge is -2.15. The van der Waals surface area contributed by atoms with Crippen LogP contribution in [0.15, 0.2) is 69.6 Å². The van der Waals surface area contributed by atoms with Gasteiger partial charge in [0, 0.05) is 5.02 Å². The zero-order chi connectivity index (χ0) is 23.5. The Bertz CT molecular complexity index is 1170. The first-order valence-electron chi connectivity index (χ1n) is 9.92. The normalized spacial score (nSPS) is 15.9. The number of hydrogen-bond acceptors (Lipinski definition) is 4. The van der Waals surface area contributed by atoms with Crippen molar-refractivity contribution in [3.63, 3.8) is 0 Å². The number of carbonyl (C=O) groups is 2. The van der Waals surface area contributed by atoms with Crippen LogP contribution < -0.4 is 4.74 Å². The number of amides is 2. The van der Waals surface area contributed by atoms with Crippen molar-refractivity contribution in [2.45, 2.75) is 24.8 Å². The van der Waals surface area contributed by atoms with Gasteiger partial charge in [0.05, 0.1) is 20.7 Å². The summed E-state index contributed by atoms with van der Waals surface area (Å²) in [5.41, 5.74) is 2.57. The summed E-state index contributed by atoms with van der Waals surface area (Å²) < 4.78 is 20.6. The van der Waals surface area contributed by atoms with Crippen LogP contribution in [-0.4, -0.2) is 21.3 Å². The van der Waals surface area contributed by atoms with E-state index >= 15 is 0 Å². The zero-order valence-corrected chi connectivity index (χ0v) is 21.8. The summed E-state index contributed by atoms with van der Waals surface area (Å²) in [6.45, 7) is 0.504. The van der Waals surface area contributed by atoms with Crippen molar-refractivity contribution in [1.29, 1.82) is 0 Å². The molecule has 0 unspecified atom stereocenters. The Balaban J connectivity index is 1.42. The van der Waals surface area contributed by atoms with Gasteiger partial charge in [-0.15, -0.1) is 0 Å². The topological polar surface area (TPSA) is 46.6 Å². The molecule has 1 heterocycles. The molecular weight excluding hydrogens is 597 g/mol. The van der Waals surface area contributed by atoms with E-state index in [1.165, 1.54) is 17.0 Å². The SMILES string of the molecule is O=C1S[C@@H](Cc2cc(Br)c(OCc3ccc(Cl)cc3)c(Br)c2)C(=O)N1Cc1ccc(F)cc1. The molecule has 3 aromatic rings. The van der Waals surface area contributed by atoms with E-state index in [1.807, 2.05) is 36.4 Å². The van der Waals surface area contributed by atoms with Crippen LogP contribution in [0.1, 0.15) is 16.7 Å². The molecular formula is C24H17Br2ClFNO3S. The number of nitrogens with zero attached hydrogens (tertiary/aromatic N) is 1. The molecule has 0 aromatic heterocycles. The molecule has 1 aliphatic heterocycles. The quantitative estimate of drug-likeness (QED) is 0.279. The van der Waals surface area contributed by atoms with Gasteiger partial charge in [-0.25, -0.2) is 4.39 Å². The lowest BCUT2D eigenvalue weighted by Crippen LogP contribution is -2.31. The molecule has 1 fully saturated rings. The van der Waals surface area contributed by atoms with E-state index in [4.69, 9.17) is 16.3 Å². The van der Waals surface area contributed by atoms with Gasteiger partial charge in [-0.3, -0.25) is 14.5 Å². The van der Waals surface area contributed by atoms with Gasteiger partial charge < -0.3 is 4.74 Å². The second kappa shape index (κ2) is 10.6. The third-order valence-electron chi connectivity index (χ3n) is 5.03. The summed E-state index contributed by atoms with van der Waals surface area (Å²) >= 11 is 14.0. The number of imide groups is 1. The van der Waals surface area contributed by atoms with Crippen LogP contribution in [0.2, 0.25) is 5.02 Å². The van der Waals surface area contributed by atoms with Crippen LogP contribution in [0.4, 0.5) is 9.18 Å². The number of thioether (sulfide) groups is 1. The maximum atomic E-state index is 13.1. The number of ether oxygens (including phenoxy) is 1. The third-order valence-corrected chi connectivity index (χ3v) is 7.54. The lowest BCUT2D eigenvalue weighted by molar-refractivity contribution is -0.127. The van der Waals surface area contributed by atoms with Gasteiger partial charge in [0.2, 0.25) is 5.91 Å². The Morgan fingerprint density at radius 3 is 2.18 bits per heavy atom. The van der Waals surface area contributed by atoms with Crippen LogP contribution in [0.5, 0.6) is 5.75 Å². The van der Waals surface area contributed by atoms with E-state index in [0.717, 1.165) is 31.8 Å². The van der Waals surface area contributed by atoms with Gasteiger partial charge in [0.25, 0.3) is 5.24 Å². The number of halogens is 4. The minimum atomic E-state index is -0.516. The Kier molecular flexibility index (Phi) is 7.79. The van der Waals surface area contributed by atoms with Gasteiger partial charge >= 0.3 is 0 Å². The molecule has 0 saturated carbocycles. The van der Waals surface area contributed by atoms with Gasteiger partial charge in [0.15, 0.2) is 0 Å². The molecule has 2 amide bonds. The summed E-state index contributed by atoms with van der Waals surface area (Å²) in [5.74, 6) is 0.0413. The number of carbonyl (C=O) groups excluding carboxylic acids is 2. The van der Waals surface area contributed by atoms with Gasteiger partial charge in [-0.1, -0.05) is 47.6 Å². The highest BCUT2D eigenvalue weighted by Crippen LogP contribution is 2.38. The van der Waals surface area contributed by atoms with Crippen molar-refractivity contribution in [3.05, 3.63) is 97.1 Å². The number of hydrogen-bond donors (Lipinski definition) is 0. The fourth-order valence-corrected chi connectivity index (χ4v) is 6.03. The summed E-state index contributed by atoms with van der Waals surface area (Å²) in [4.78, 5) is 26.5. The van der Waals surface area contributed by atoms with Crippen molar-refractivity contribution in [3.8, 4) is 5.75 Å². The predicted octanol–water partition coefficient (Wildman–Crippen LogP) is 7.39. The standard InChI is InChI=1S/C24H17Br2ClFNO3S/c25-19-9-16(10-20(26)22(19)32-13-15-1-5-17(27)6-2-15)11-21-23(30)29(24(31)33-21)12-14-3-7-18(28)8-4-14/h1-10,21H,11-13H2/t21-/m0/s1. The van der Waals surface area contributed by atoms with Crippen LogP contribution >= 0.6 is 55.2 Å². The molecule has 4 nitrogen and oxygen atoms in total. The van der Waals surface area contributed by atoms with Crippen LogP contribution in [0, 0.1) is 5.82 Å². The summed E-state index contributed by atoms with van der Waals surface area (Å²) in [5, 5.41) is -0.146. The second-order valence-electron chi connectivity index (χ2n) is 7.43. The monoisotopic (exact) mass is 611 g/mol. The van der Waals surface area contributed by atoms with Crippen molar-refractivity contribution in [2.75, 3.05) is 0 Å². The molecule has 1 aliphatic rings. The Hall–Kier alpha value is -1.87. The first-order chi connectivity index (χ1) is 15.8. The molecule has 170 valence electrons. The van der Waals surface area contributed by atoms with Crippen molar-refractivity contribution in [2.24, 2.45) is 0 Å². The third kappa shape index (κ3) is 5.98. The summed E-state index contributed by atoms with van der Waals surface area (Å²) in [7, 11) is 0. The minimum Gasteiger partial charge on any atom is -0.487 e. The van der Waals surface area contributed by atoms with E-state index in [-0.39, 0.29) is 23.5 Å².